The van der Waals surface area contributed by atoms with Gasteiger partial charge in [0.05, 0.1) is 37.2 Å². The van der Waals surface area contributed by atoms with Gasteiger partial charge in [-0.25, -0.2) is 4.98 Å². The summed E-state index contributed by atoms with van der Waals surface area (Å²) in [5.74, 6) is 0.117. The van der Waals surface area contributed by atoms with Gasteiger partial charge in [-0.2, -0.15) is 4.68 Å². The maximum Gasteiger partial charge on any atom is 0.309 e. The number of hydrogen-bond donors (Lipinski definition) is 2. The molecular weight excluding hydrogens is 542 g/mol. The summed E-state index contributed by atoms with van der Waals surface area (Å²) in [6, 6.07) is 11.0. The van der Waals surface area contributed by atoms with Gasteiger partial charge in [0.25, 0.3) is 0 Å². The second-order valence-electron chi connectivity index (χ2n) is 9.73. The summed E-state index contributed by atoms with van der Waals surface area (Å²) in [7, 11) is 1.40. The number of hydrogen-bond acceptors (Lipinski definition) is 7. The molecule has 1 atom stereocenters. The molecule has 41 heavy (non-hydrogen) atoms. The quantitative estimate of drug-likeness (QED) is 0.190. The number of imidazole rings is 1. The van der Waals surface area contributed by atoms with Gasteiger partial charge < -0.3 is 15.0 Å². The number of amides is 1. The van der Waals surface area contributed by atoms with Gasteiger partial charge in [0.2, 0.25) is 5.91 Å². The van der Waals surface area contributed by atoms with Crippen LogP contribution in [-0.4, -0.2) is 49.2 Å². The van der Waals surface area contributed by atoms with E-state index >= 15 is 0 Å². The van der Waals surface area contributed by atoms with Gasteiger partial charge in [-0.1, -0.05) is 42.0 Å². The Morgan fingerprint density at radius 2 is 2.10 bits per heavy atom. The zero-order chi connectivity index (χ0) is 28.6. The molecule has 11 heteroatoms. The average Bonchev–Trinajstić information content (AvgIpc) is 3.68. The molecule has 1 aliphatic rings. The largest absolute Gasteiger partial charge is 0.469 e. The molecule has 210 valence electrons. The van der Waals surface area contributed by atoms with Crippen LogP contribution in [0.25, 0.3) is 23.0 Å². The molecule has 0 saturated carbocycles. The Morgan fingerprint density at radius 1 is 1.20 bits per heavy atom. The lowest BCUT2D eigenvalue weighted by molar-refractivity contribution is -0.139. The first kappa shape index (κ1) is 28.0. The van der Waals surface area contributed by atoms with Crippen LogP contribution in [0.2, 0.25) is 5.02 Å². The second-order valence-corrected chi connectivity index (χ2v) is 10.2. The number of aromatic amines is 1. The lowest BCUT2D eigenvalue weighted by Gasteiger charge is -2.14. The van der Waals surface area contributed by atoms with Crippen LogP contribution < -0.4 is 5.32 Å². The third-order valence-corrected chi connectivity index (χ3v) is 7.12. The maximum atomic E-state index is 13.1. The molecule has 10 nitrogen and oxygen atoms in total. The number of esters is 1. The molecule has 1 aliphatic heterocycles. The number of ether oxygens (including phenoxy) is 1. The molecule has 5 rings (SSSR count). The number of allylic oxidation sites excluding steroid dienone is 1. The monoisotopic (exact) mass is 571 g/mol. The molecular formula is C30H30ClN7O3. The molecule has 0 fully saturated rings. The Bertz CT molecular complexity index is 1580. The Kier molecular flexibility index (Phi) is 9.00. The fourth-order valence-corrected chi connectivity index (χ4v) is 4.99. The van der Waals surface area contributed by atoms with E-state index < -0.39 is 0 Å². The molecule has 0 radical (unpaired) electrons. The Hall–Kier alpha value is -4.57. The zero-order valence-corrected chi connectivity index (χ0v) is 23.3. The van der Waals surface area contributed by atoms with Crippen LogP contribution in [0.4, 0.5) is 0 Å². The molecule has 0 unspecified atom stereocenters. The summed E-state index contributed by atoms with van der Waals surface area (Å²) in [6.07, 6.45) is 15.3. The molecule has 0 aliphatic carbocycles. The van der Waals surface area contributed by atoms with Crippen molar-refractivity contribution in [3.63, 3.8) is 0 Å². The molecule has 3 heterocycles. The van der Waals surface area contributed by atoms with Crippen LogP contribution in [0.5, 0.6) is 0 Å². The molecule has 2 aromatic heterocycles. The number of carbonyl (C=O) groups is 2. The standard InChI is InChI=1S/C30H30ClN7O3/c1-41-29(40)16-20-9-12-24-21(15-20)7-5-3-2-4-6-8-25(30-32-18-26(24)35-30)34-28(39)14-10-22-17-23(31)11-13-27(22)38-19-33-36-37-38/h4,6,9-15,17-19,25H,2-3,5,7-8,16H2,1H3,(H,32,35)(H,34,39)/b6-4-,14-10+/t25-/m0/s1. The van der Waals surface area contributed by atoms with Crippen LogP contribution in [0, 0.1) is 0 Å². The van der Waals surface area contributed by atoms with E-state index in [4.69, 9.17) is 16.3 Å². The van der Waals surface area contributed by atoms with Crippen molar-refractivity contribution in [3.05, 3.63) is 94.7 Å². The van der Waals surface area contributed by atoms with Crippen molar-refractivity contribution in [1.29, 1.82) is 0 Å². The number of aryl methyl sites for hydroxylation is 1. The number of fused-ring (bicyclic) bond motifs is 4. The molecule has 0 spiro atoms. The number of nitrogens with one attached hydrogen (secondary N) is 2. The van der Waals surface area contributed by atoms with E-state index in [1.165, 1.54) is 24.2 Å². The molecule has 2 N–H and O–H groups in total. The number of carbonyl (C=O) groups excluding carboxylic acids is 2. The number of rotatable bonds is 6. The summed E-state index contributed by atoms with van der Waals surface area (Å²) in [4.78, 5) is 33.0. The van der Waals surface area contributed by atoms with E-state index in [9.17, 15) is 9.59 Å². The third-order valence-electron chi connectivity index (χ3n) is 6.88. The van der Waals surface area contributed by atoms with Gasteiger partial charge in [0.1, 0.15) is 12.2 Å². The van der Waals surface area contributed by atoms with Gasteiger partial charge >= 0.3 is 5.97 Å². The van der Waals surface area contributed by atoms with Crippen molar-refractivity contribution in [3.8, 4) is 16.9 Å². The Labute approximate surface area is 242 Å². The van der Waals surface area contributed by atoms with Crippen molar-refractivity contribution in [1.82, 2.24) is 35.5 Å². The summed E-state index contributed by atoms with van der Waals surface area (Å²) < 4.78 is 6.35. The van der Waals surface area contributed by atoms with Crippen molar-refractivity contribution >= 4 is 29.6 Å². The third kappa shape index (κ3) is 7.15. The zero-order valence-electron chi connectivity index (χ0n) is 22.6. The lowest BCUT2D eigenvalue weighted by Crippen LogP contribution is -2.27. The minimum atomic E-state index is -0.363. The predicted molar refractivity (Wildman–Crippen MR) is 155 cm³/mol. The highest BCUT2D eigenvalue weighted by Crippen LogP contribution is 2.28. The fourth-order valence-electron chi connectivity index (χ4n) is 4.81. The first-order chi connectivity index (χ1) is 20.0. The second kappa shape index (κ2) is 13.2. The number of methoxy groups -OCH3 is 1. The minimum absolute atomic E-state index is 0.231. The smallest absolute Gasteiger partial charge is 0.309 e. The van der Waals surface area contributed by atoms with Gasteiger partial charge in [0, 0.05) is 22.2 Å². The van der Waals surface area contributed by atoms with Gasteiger partial charge in [-0.15, -0.1) is 5.10 Å². The topological polar surface area (TPSA) is 128 Å². The number of aromatic nitrogens is 6. The van der Waals surface area contributed by atoms with E-state index in [1.54, 1.807) is 30.5 Å². The average molecular weight is 572 g/mol. The molecule has 4 aromatic rings. The number of benzene rings is 2. The minimum Gasteiger partial charge on any atom is -0.469 e. The highest BCUT2D eigenvalue weighted by Gasteiger charge is 2.18. The molecule has 2 aromatic carbocycles. The maximum absolute atomic E-state index is 13.1. The number of H-pyrrole nitrogens is 1. The van der Waals surface area contributed by atoms with Crippen molar-refractivity contribution < 1.29 is 14.3 Å². The predicted octanol–water partition coefficient (Wildman–Crippen LogP) is 4.96. The van der Waals surface area contributed by atoms with Crippen molar-refractivity contribution in [2.24, 2.45) is 0 Å². The van der Waals surface area contributed by atoms with Crippen molar-refractivity contribution in [2.45, 2.75) is 44.6 Å². The van der Waals surface area contributed by atoms with Crippen LogP contribution in [0.15, 0.2) is 67.2 Å². The summed E-state index contributed by atoms with van der Waals surface area (Å²) >= 11 is 6.21. The van der Waals surface area contributed by atoms with E-state index in [2.05, 4.69) is 49.0 Å². The van der Waals surface area contributed by atoms with Gasteiger partial charge in [0.15, 0.2) is 0 Å². The van der Waals surface area contributed by atoms with E-state index in [0.29, 0.717) is 28.5 Å². The first-order valence-corrected chi connectivity index (χ1v) is 13.8. The van der Waals surface area contributed by atoms with Crippen LogP contribution in [0.1, 0.15) is 54.2 Å². The highest BCUT2D eigenvalue weighted by molar-refractivity contribution is 6.30. The first-order valence-electron chi connectivity index (χ1n) is 13.4. The highest BCUT2D eigenvalue weighted by atomic mass is 35.5. The lowest BCUT2D eigenvalue weighted by atomic mass is 9.96. The van der Waals surface area contributed by atoms with E-state index in [-0.39, 0.29) is 24.3 Å². The van der Waals surface area contributed by atoms with Gasteiger partial charge in [-0.3, -0.25) is 9.59 Å². The summed E-state index contributed by atoms with van der Waals surface area (Å²) in [5, 5.41) is 14.9. The molecule has 0 saturated heterocycles. The van der Waals surface area contributed by atoms with Crippen LogP contribution in [0.3, 0.4) is 0 Å². The fraction of sp³-hybridized carbons (Fsp3) is 0.267. The Morgan fingerprint density at radius 3 is 2.93 bits per heavy atom. The SMILES string of the molecule is COC(=O)Cc1ccc2c(c1)CCCC/C=C\C[C@H](NC(=O)/C=C/c1cc(Cl)ccc1-n1cnnn1)c1ncc-2[nH]1. The van der Waals surface area contributed by atoms with Crippen LogP contribution >= 0.6 is 11.6 Å². The van der Waals surface area contributed by atoms with E-state index in [1.807, 2.05) is 12.1 Å². The Balaban J connectivity index is 1.38. The number of nitrogens with zero attached hydrogens (tertiary/aromatic N) is 5. The number of tetrazole rings is 1. The molecule has 2 bridgehead atoms. The normalized spacial score (nSPS) is 16.2. The van der Waals surface area contributed by atoms with E-state index in [0.717, 1.165) is 48.1 Å². The van der Waals surface area contributed by atoms with Crippen LogP contribution in [-0.2, 0) is 27.2 Å². The summed E-state index contributed by atoms with van der Waals surface area (Å²) in [6.45, 7) is 0. The summed E-state index contributed by atoms with van der Waals surface area (Å²) in [5.41, 5.74) is 5.34. The molecule has 1 amide bonds. The van der Waals surface area contributed by atoms with Crippen molar-refractivity contribution in [2.75, 3.05) is 7.11 Å². The van der Waals surface area contributed by atoms with Gasteiger partial charge in [-0.05, 0) is 77.9 Å². The number of halogens is 1.